The molecule has 0 spiro atoms. The third-order valence-corrected chi connectivity index (χ3v) is 1.01. The van der Waals surface area contributed by atoms with Crippen LogP contribution >= 0.6 is 0 Å². The number of hydrogen-bond acceptors (Lipinski definition) is 4. The molecule has 0 saturated carbocycles. The molecule has 1 amide bonds. The largest absolute Gasteiger partial charge is 0.465 e. The normalized spacial score (nSPS) is 9.45. The van der Waals surface area contributed by atoms with Crippen molar-refractivity contribution in [2.24, 2.45) is 0 Å². The van der Waals surface area contributed by atoms with Gasteiger partial charge >= 0.3 is 6.09 Å². The van der Waals surface area contributed by atoms with E-state index in [0.717, 1.165) is 0 Å². The Balaban J connectivity index is 2.19. The third kappa shape index (κ3) is 2.61. The minimum Gasteiger partial charge on any atom is -0.465 e. The Morgan fingerprint density at radius 1 is 1.73 bits per heavy atom. The average molecular weight is 157 g/mol. The molecule has 0 aromatic carbocycles. The highest BCUT2D eigenvalue weighted by molar-refractivity contribution is 5.64. The molecule has 1 aromatic rings. The lowest BCUT2D eigenvalue weighted by molar-refractivity contribution is 0.194. The molecule has 0 saturated heterocycles. The van der Waals surface area contributed by atoms with Gasteiger partial charge in [0.05, 0.1) is 6.54 Å². The zero-order valence-corrected chi connectivity index (χ0v) is 5.64. The van der Waals surface area contributed by atoms with Crippen LogP contribution in [0.4, 0.5) is 4.79 Å². The molecule has 7 heteroatoms. The molecule has 0 bridgehead atoms. The highest BCUT2D eigenvalue weighted by atomic mass is 16.4. The van der Waals surface area contributed by atoms with E-state index in [2.05, 4.69) is 20.8 Å². The van der Waals surface area contributed by atoms with Gasteiger partial charge in [0.2, 0.25) is 0 Å². The maximum atomic E-state index is 9.96. The van der Waals surface area contributed by atoms with Crippen LogP contribution in [0.5, 0.6) is 0 Å². The van der Waals surface area contributed by atoms with E-state index in [1.165, 1.54) is 11.0 Å². The third-order valence-electron chi connectivity index (χ3n) is 1.01. The molecule has 7 nitrogen and oxygen atoms in total. The van der Waals surface area contributed by atoms with Gasteiger partial charge in [-0.25, -0.2) is 9.48 Å². The molecule has 0 unspecified atom stereocenters. The van der Waals surface area contributed by atoms with Gasteiger partial charge in [-0.15, -0.1) is 5.10 Å². The van der Waals surface area contributed by atoms with Gasteiger partial charge in [-0.1, -0.05) is 0 Å². The molecule has 2 N–H and O–H groups in total. The van der Waals surface area contributed by atoms with Gasteiger partial charge in [0, 0.05) is 6.54 Å². The van der Waals surface area contributed by atoms with E-state index >= 15 is 0 Å². The molecule has 0 aliphatic rings. The predicted octanol–water partition coefficient (Wildman–Crippen LogP) is -1.06. The SMILES string of the molecule is O=C(O)NCCn1cnnn1. The summed E-state index contributed by atoms with van der Waals surface area (Å²) in [5.74, 6) is 0. The first-order chi connectivity index (χ1) is 5.29. The summed E-state index contributed by atoms with van der Waals surface area (Å²) in [6, 6.07) is 0. The Hall–Kier alpha value is -1.66. The summed E-state index contributed by atoms with van der Waals surface area (Å²) in [5.41, 5.74) is 0. The van der Waals surface area contributed by atoms with E-state index in [0.29, 0.717) is 13.1 Å². The fourth-order valence-corrected chi connectivity index (χ4v) is 0.560. The van der Waals surface area contributed by atoms with E-state index in [4.69, 9.17) is 5.11 Å². The van der Waals surface area contributed by atoms with Crippen LogP contribution in [0, 0.1) is 0 Å². The lowest BCUT2D eigenvalue weighted by Crippen LogP contribution is -2.25. The number of aromatic nitrogens is 4. The molecule has 0 radical (unpaired) electrons. The minimum absolute atomic E-state index is 0.306. The lowest BCUT2D eigenvalue weighted by Gasteiger charge is -1.97. The monoisotopic (exact) mass is 157 g/mol. The Labute approximate surface area is 62.0 Å². The highest BCUT2D eigenvalue weighted by Gasteiger charge is 1.94. The summed E-state index contributed by atoms with van der Waals surface area (Å²) in [4.78, 5) is 9.96. The Kier molecular flexibility index (Phi) is 2.37. The predicted molar refractivity (Wildman–Crippen MR) is 33.8 cm³/mol. The molecule has 0 aliphatic heterocycles. The van der Waals surface area contributed by atoms with Crippen LogP contribution in [-0.2, 0) is 6.54 Å². The summed E-state index contributed by atoms with van der Waals surface area (Å²) >= 11 is 0. The summed E-state index contributed by atoms with van der Waals surface area (Å²) < 4.78 is 1.44. The Morgan fingerprint density at radius 2 is 2.55 bits per heavy atom. The molecule has 60 valence electrons. The van der Waals surface area contributed by atoms with Crippen LogP contribution in [0.2, 0.25) is 0 Å². The van der Waals surface area contributed by atoms with Crippen molar-refractivity contribution in [2.75, 3.05) is 6.54 Å². The second-order valence-corrected chi connectivity index (χ2v) is 1.80. The summed E-state index contributed by atoms with van der Waals surface area (Å²) in [6.07, 6.45) is 0.377. The van der Waals surface area contributed by atoms with Crippen molar-refractivity contribution in [3.8, 4) is 0 Å². The molecule has 1 aromatic heterocycles. The van der Waals surface area contributed by atoms with Crippen LogP contribution in [0.25, 0.3) is 0 Å². The first-order valence-corrected chi connectivity index (χ1v) is 2.96. The maximum absolute atomic E-state index is 9.96. The van der Waals surface area contributed by atoms with E-state index in [-0.39, 0.29) is 0 Å². The zero-order chi connectivity index (χ0) is 8.10. The van der Waals surface area contributed by atoms with Gasteiger partial charge < -0.3 is 10.4 Å². The Bertz CT molecular complexity index is 220. The summed E-state index contributed by atoms with van der Waals surface area (Å²) in [6.45, 7) is 0.750. The fraction of sp³-hybridized carbons (Fsp3) is 0.500. The molecule has 11 heavy (non-hydrogen) atoms. The first-order valence-electron chi connectivity index (χ1n) is 2.96. The molecule has 0 aliphatic carbocycles. The number of carboxylic acid groups (broad SMARTS) is 1. The van der Waals surface area contributed by atoms with Crippen molar-refractivity contribution in [1.82, 2.24) is 25.5 Å². The van der Waals surface area contributed by atoms with Crippen molar-refractivity contribution in [3.05, 3.63) is 6.33 Å². The van der Waals surface area contributed by atoms with E-state index in [9.17, 15) is 4.79 Å². The zero-order valence-electron chi connectivity index (χ0n) is 5.64. The standard InChI is InChI=1S/C4H7N5O2/c10-4(11)5-1-2-9-3-6-7-8-9/h3,5H,1-2H2,(H,10,11). The quantitative estimate of drug-likeness (QED) is 0.583. The van der Waals surface area contributed by atoms with Gasteiger partial charge in [-0.05, 0) is 10.4 Å². The molecular formula is C4H7N5O2. The molecule has 1 rings (SSSR count). The topological polar surface area (TPSA) is 92.9 Å². The second-order valence-electron chi connectivity index (χ2n) is 1.80. The van der Waals surface area contributed by atoms with Crippen molar-refractivity contribution < 1.29 is 9.90 Å². The van der Waals surface area contributed by atoms with E-state index in [1.807, 2.05) is 0 Å². The van der Waals surface area contributed by atoms with Crippen molar-refractivity contribution >= 4 is 6.09 Å². The number of amides is 1. The first kappa shape index (κ1) is 7.45. The molecule has 1 heterocycles. The lowest BCUT2D eigenvalue weighted by atomic mass is 10.6. The maximum Gasteiger partial charge on any atom is 0.404 e. The Morgan fingerprint density at radius 3 is 3.09 bits per heavy atom. The number of rotatable bonds is 3. The molecule has 0 atom stereocenters. The molecular weight excluding hydrogens is 150 g/mol. The van der Waals surface area contributed by atoms with E-state index < -0.39 is 6.09 Å². The van der Waals surface area contributed by atoms with Gasteiger partial charge in [0.1, 0.15) is 6.33 Å². The minimum atomic E-state index is -1.04. The van der Waals surface area contributed by atoms with Crippen molar-refractivity contribution in [1.29, 1.82) is 0 Å². The van der Waals surface area contributed by atoms with Crippen LogP contribution in [0.1, 0.15) is 0 Å². The van der Waals surface area contributed by atoms with Gasteiger partial charge in [0.25, 0.3) is 0 Å². The number of nitrogens with zero attached hydrogens (tertiary/aromatic N) is 4. The number of carbonyl (C=O) groups is 1. The number of nitrogens with one attached hydrogen (secondary N) is 1. The van der Waals surface area contributed by atoms with Crippen LogP contribution in [0.3, 0.4) is 0 Å². The van der Waals surface area contributed by atoms with Crippen molar-refractivity contribution in [2.45, 2.75) is 6.54 Å². The van der Waals surface area contributed by atoms with Crippen molar-refractivity contribution in [3.63, 3.8) is 0 Å². The van der Waals surface area contributed by atoms with Crippen LogP contribution in [-0.4, -0.2) is 38.0 Å². The summed E-state index contributed by atoms with van der Waals surface area (Å²) in [7, 11) is 0. The van der Waals surface area contributed by atoms with Gasteiger partial charge in [0.15, 0.2) is 0 Å². The molecule has 0 fully saturated rings. The number of tetrazole rings is 1. The second kappa shape index (κ2) is 3.49. The summed E-state index contributed by atoms with van der Waals surface area (Å²) in [5, 5.41) is 20.6. The highest BCUT2D eigenvalue weighted by Crippen LogP contribution is 1.74. The van der Waals surface area contributed by atoms with Crippen LogP contribution < -0.4 is 5.32 Å². The average Bonchev–Trinajstić information content (AvgIpc) is 2.39. The smallest absolute Gasteiger partial charge is 0.404 e. The van der Waals surface area contributed by atoms with Gasteiger partial charge in [-0.2, -0.15) is 0 Å². The number of hydrogen-bond donors (Lipinski definition) is 2. The van der Waals surface area contributed by atoms with Gasteiger partial charge in [-0.3, -0.25) is 0 Å². The van der Waals surface area contributed by atoms with Crippen LogP contribution in [0.15, 0.2) is 6.33 Å². The van der Waals surface area contributed by atoms with E-state index in [1.54, 1.807) is 0 Å². The fourth-order valence-electron chi connectivity index (χ4n) is 0.560.